The Labute approximate surface area is 153 Å². The van der Waals surface area contributed by atoms with E-state index in [1.54, 1.807) is 0 Å². The van der Waals surface area contributed by atoms with Gasteiger partial charge in [0.1, 0.15) is 0 Å². The van der Waals surface area contributed by atoms with E-state index in [1.165, 1.54) is 19.3 Å². The number of hydrogen-bond acceptors (Lipinski definition) is 5. The van der Waals surface area contributed by atoms with Crippen LogP contribution in [0.4, 0.5) is 11.6 Å². The Balaban J connectivity index is 0.00000180. The van der Waals surface area contributed by atoms with Crippen LogP contribution in [0.5, 0.6) is 0 Å². The molecule has 0 radical (unpaired) electrons. The second-order valence-corrected chi connectivity index (χ2v) is 7.23. The number of nitrogens with zero attached hydrogens (tertiary/aromatic N) is 5. The molecule has 2 aliphatic rings. The first-order chi connectivity index (χ1) is 12.7. The molecule has 1 unspecified atom stereocenters. The maximum atomic E-state index is 4.94. The van der Waals surface area contributed by atoms with E-state index in [0.717, 1.165) is 40.3 Å². The standard InChI is InChI=1S/C20H22N6.H2/c1-3-14-12(2)22-17-8-7-16(24-19(14)17)15-9-10-26-18(15)11-21-20(25-26)23-13-5-4-6-13;/h7-11,13-14H,3-6H2,1-2H3,(H,23,25);1H. The summed E-state index contributed by atoms with van der Waals surface area (Å²) in [6, 6.07) is 6.71. The summed E-state index contributed by atoms with van der Waals surface area (Å²) in [7, 11) is 0. The molecule has 6 heteroatoms. The molecule has 134 valence electrons. The number of aromatic nitrogens is 4. The maximum Gasteiger partial charge on any atom is 0.241 e. The van der Waals surface area contributed by atoms with Crippen LogP contribution in [-0.4, -0.2) is 31.3 Å². The lowest BCUT2D eigenvalue weighted by Crippen LogP contribution is -2.28. The third-order valence-corrected chi connectivity index (χ3v) is 5.57. The largest absolute Gasteiger partial charge is 0.350 e. The molecular formula is C20H24N6. The van der Waals surface area contributed by atoms with Crippen LogP contribution in [0.1, 0.15) is 52.6 Å². The van der Waals surface area contributed by atoms with Gasteiger partial charge in [-0.15, -0.1) is 5.10 Å². The van der Waals surface area contributed by atoms with Crippen molar-refractivity contribution in [3.8, 4) is 11.3 Å². The molecule has 0 saturated heterocycles. The third kappa shape index (κ3) is 2.40. The van der Waals surface area contributed by atoms with Gasteiger partial charge in [-0.2, -0.15) is 0 Å². The van der Waals surface area contributed by atoms with E-state index in [9.17, 15) is 0 Å². The highest BCUT2D eigenvalue weighted by molar-refractivity contribution is 5.96. The van der Waals surface area contributed by atoms with Crippen molar-refractivity contribution < 1.29 is 1.43 Å². The van der Waals surface area contributed by atoms with Crippen molar-refractivity contribution in [3.63, 3.8) is 0 Å². The molecule has 6 nitrogen and oxygen atoms in total. The fourth-order valence-electron chi connectivity index (χ4n) is 3.84. The molecule has 26 heavy (non-hydrogen) atoms. The molecule has 1 aliphatic heterocycles. The van der Waals surface area contributed by atoms with Gasteiger partial charge in [-0.1, -0.05) is 6.92 Å². The first-order valence-corrected chi connectivity index (χ1v) is 9.40. The quantitative estimate of drug-likeness (QED) is 0.748. The van der Waals surface area contributed by atoms with Crippen LogP contribution in [0.3, 0.4) is 0 Å². The smallest absolute Gasteiger partial charge is 0.241 e. The average Bonchev–Trinajstić information content (AvgIpc) is 3.16. The lowest BCUT2D eigenvalue weighted by molar-refractivity contribution is 0.442. The second kappa shape index (κ2) is 5.90. The average molecular weight is 348 g/mol. The van der Waals surface area contributed by atoms with Gasteiger partial charge in [0.05, 0.1) is 28.8 Å². The van der Waals surface area contributed by atoms with E-state index in [2.05, 4.69) is 46.4 Å². The van der Waals surface area contributed by atoms with Crippen LogP contribution in [-0.2, 0) is 0 Å². The highest BCUT2D eigenvalue weighted by Crippen LogP contribution is 2.38. The van der Waals surface area contributed by atoms with Crippen LogP contribution in [0.15, 0.2) is 35.6 Å². The van der Waals surface area contributed by atoms with Crippen molar-refractivity contribution in [2.24, 2.45) is 4.99 Å². The molecule has 3 aromatic heterocycles. The van der Waals surface area contributed by atoms with Crippen molar-refractivity contribution in [2.75, 3.05) is 5.32 Å². The summed E-state index contributed by atoms with van der Waals surface area (Å²) < 4.78 is 1.89. The van der Waals surface area contributed by atoms with Gasteiger partial charge in [0.25, 0.3) is 0 Å². The molecule has 1 N–H and O–H groups in total. The van der Waals surface area contributed by atoms with Crippen LogP contribution < -0.4 is 5.32 Å². The Hall–Kier alpha value is -2.76. The first-order valence-electron chi connectivity index (χ1n) is 9.40. The summed E-state index contributed by atoms with van der Waals surface area (Å²) in [5.74, 6) is 1.02. The lowest BCUT2D eigenvalue weighted by atomic mass is 9.93. The van der Waals surface area contributed by atoms with Crippen LogP contribution in [0.2, 0.25) is 0 Å². The van der Waals surface area contributed by atoms with E-state index in [-0.39, 0.29) is 1.43 Å². The van der Waals surface area contributed by atoms with Crippen LogP contribution in [0.25, 0.3) is 16.8 Å². The normalized spacial score (nSPS) is 19.3. The summed E-state index contributed by atoms with van der Waals surface area (Å²) >= 11 is 0. The molecule has 0 spiro atoms. The molecule has 1 fully saturated rings. The summed E-state index contributed by atoms with van der Waals surface area (Å²) in [6.45, 7) is 4.28. The second-order valence-electron chi connectivity index (χ2n) is 7.23. The first kappa shape index (κ1) is 15.5. The number of hydrogen-bond donors (Lipinski definition) is 1. The van der Waals surface area contributed by atoms with Crippen LogP contribution >= 0.6 is 0 Å². The Morgan fingerprint density at radius 1 is 1.27 bits per heavy atom. The monoisotopic (exact) mass is 348 g/mol. The van der Waals surface area contributed by atoms with E-state index in [0.29, 0.717) is 17.9 Å². The van der Waals surface area contributed by atoms with Crippen molar-refractivity contribution in [1.29, 1.82) is 0 Å². The molecule has 1 aliphatic carbocycles. The zero-order valence-corrected chi connectivity index (χ0v) is 15.1. The van der Waals surface area contributed by atoms with Gasteiger partial charge in [-0.3, -0.25) is 4.99 Å². The fourth-order valence-corrected chi connectivity index (χ4v) is 3.84. The number of anilines is 1. The molecular weight excluding hydrogens is 324 g/mol. The van der Waals surface area contributed by atoms with Gasteiger partial charge in [-0.05, 0) is 50.8 Å². The highest BCUT2D eigenvalue weighted by atomic mass is 15.3. The van der Waals surface area contributed by atoms with Crippen molar-refractivity contribution >= 4 is 22.9 Å². The number of aliphatic imine (C=N–C) groups is 1. The minimum Gasteiger partial charge on any atom is -0.350 e. The van der Waals surface area contributed by atoms with Crippen LogP contribution in [0, 0.1) is 0 Å². The van der Waals surface area contributed by atoms with E-state index >= 15 is 0 Å². The highest BCUT2D eigenvalue weighted by Gasteiger charge is 2.25. The Morgan fingerprint density at radius 3 is 2.92 bits per heavy atom. The third-order valence-electron chi connectivity index (χ3n) is 5.57. The number of rotatable bonds is 4. The van der Waals surface area contributed by atoms with Crippen molar-refractivity contribution in [2.45, 2.75) is 51.5 Å². The van der Waals surface area contributed by atoms with E-state index in [1.807, 2.05) is 23.0 Å². The van der Waals surface area contributed by atoms with Gasteiger partial charge in [0.15, 0.2) is 0 Å². The molecule has 5 rings (SSSR count). The zero-order chi connectivity index (χ0) is 17.7. The Morgan fingerprint density at radius 2 is 2.15 bits per heavy atom. The number of nitrogens with one attached hydrogen (secondary N) is 1. The van der Waals surface area contributed by atoms with Gasteiger partial charge in [0, 0.05) is 30.9 Å². The van der Waals surface area contributed by atoms with Gasteiger partial charge < -0.3 is 5.32 Å². The van der Waals surface area contributed by atoms with Crippen molar-refractivity contribution in [1.82, 2.24) is 19.6 Å². The summed E-state index contributed by atoms with van der Waals surface area (Å²) in [5, 5.41) is 8.00. The number of pyridine rings is 1. The molecule has 0 bridgehead atoms. The van der Waals surface area contributed by atoms with Gasteiger partial charge in [-0.25, -0.2) is 14.5 Å². The molecule has 1 atom stereocenters. The van der Waals surface area contributed by atoms with Gasteiger partial charge in [0.2, 0.25) is 5.95 Å². The fraction of sp³-hybridized carbons (Fsp3) is 0.400. The number of fused-ring (bicyclic) bond motifs is 2. The summed E-state index contributed by atoms with van der Waals surface area (Å²) in [6.07, 6.45) is 8.59. The Kier molecular flexibility index (Phi) is 3.51. The lowest BCUT2D eigenvalue weighted by Gasteiger charge is -2.26. The topological polar surface area (TPSA) is 67.5 Å². The predicted molar refractivity (Wildman–Crippen MR) is 105 cm³/mol. The minimum atomic E-state index is 0. The summed E-state index contributed by atoms with van der Waals surface area (Å²) in [5.41, 5.74) is 6.24. The zero-order valence-electron chi connectivity index (χ0n) is 15.1. The molecule has 0 aromatic carbocycles. The van der Waals surface area contributed by atoms with Crippen molar-refractivity contribution in [3.05, 3.63) is 36.3 Å². The SMILES string of the molecule is CCC1C(C)=Nc2ccc(-c3ccn4nc(NC5CCC5)ncc34)nc21.[HH]. The van der Waals surface area contributed by atoms with Gasteiger partial charge >= 0.3 is 0 Å². The van der Waals surface area contributed by atoms with E-state index in [4.69, 9.17) is 4.98 Å². The molecule has 0 amide bonds. The maximum absolute atomic E-state index is 4.94. The molecule has 1 saturated carbocycles. The minimum absolute atomic E-state index is 0. The van der Waals surface area contributed by atoms with E-state index < -0.39 is 0 Å². The Bertz CT molecular complexity index is 1020. The summed E-state index contributed by atoms with van der Waals surface area (Å²) in [4.78, 5) is 14.1. The molecule has 3 aromatic rings. The molecule has 4 heterocycles. The predicted octanol–water partition coefficient (Wildman–Crippen LogP) is 4.60.